The van der Waals surface area contributed by atoms with Crippen LogP contribution >= 0.6 is 0 Å². The van der Waals surface area contributed by atoms with E-state index in [0.29, 0.717) is 24.0 Å². The number of hydrogen-bond acceptors (Lipinski definition) is 8. The second-order valence-corrected chi connectivity index (χ2v) is 6.30. The fourth-order valence-electron chi connectivity index (χ4n) is 2.90. The summed E-state index contributed by atoms with van der Waals surface area (Å²) in [5.41, 5.74) is 2.23. The third kappa shape index (κ3) is 6.94. The maximum absolute atomic E-state index is 11.9. The van der Waals surface area contributed by atoms with Gasteiger partial charge in [0.2, 0.25) is 0 Å². The van der Waals surface area contributed by atoms with Crippen LogP contribution in [0.2, 0.25) is 0 Å². The minimum Gasteiger partial charge on any atom is -0.465 e. The van der Waals surface area contributed by atoms with E-state index in [-0.39, 0.29) is 22.3 Å². The summed E-state index contributed by atoms with van der Waals surface area (Å²) >= 11 is 0. The van der Waals surface area contributed by atoms with Gasteiger partial charge >= 0.3 is 23.9 Å². The molecule has 0 bridgehead atoms. The molecular weight excluding hydrogens is 416 g/mol. The van der Waals surface area contributed by atoms with Gasteiger partial charge in [-0.1, -0.05) is 13.8 Å². The SMILES string of the molecule is CC.COC(=O)c1cc(CCc2cc(C(=O)OC)cc(C(=O)OC)c2)cc(C(=O)OC)c1. The third-order valence-corrected chi connectivity index (χ3v) is 4.37. The van der Waals surface area contributed by atoms with Crippen molar-refractivity contribution in [3.8, 4) is 0 Å². The van der Waals surface area contributed by atoms with Gasteiger partial charge in [0, 0.05) is 0 Å². The van der Waals surface area contributed by atoms with E-state index >= 15 is 0 Å². The molecule has 0 aliphatic carbocycles. The van der Waals surface area contributed by atoms with Crippen LogP contribution in [-0.2, 0) is 31.8 Å². The average Bonchev–Trinajstić information content (AvgIpc) is 2.86. The van der Waals surface area contributed by atoms with E-state index in [2.05, 4.69) is 0 Å². The van der Waals surface area contributed by atoms with Crippen molar-refractivity contribution in [2.75, 3.05) is 28.4 Å². The largest absolute Gasteiger partial charge is 0.465 e. The van der Waals surface area contributed by atoms with Gasteiger partial charge in [0.15, 0.2) is 0 Å². The Morgan fingerprint density at radius 2 is 0.719 bits per heavy atom. The van der Waals surface area contributed by atoms with Crippen LogP contribution in [-0.4, -0.2) is 52.3 Å². The van der Waals surface area contributed by atoms with Crippen LogP contribution in [0, 0.1) is 0 Å². The van der Waals surface area contributed by atoms with Crippen molar-refractivity contribution in [2.45, 2.75) is 26.7 Å². The van der Waals surface area contributed by atoms with E-state index in [1.807, 2.05) is 13.8 Å². The number of methoxy groups -OCH3 is 4. The molecule has 0 aliphatic heterocycles. The van der Waals surface area contributed by atoms with Crippen LogP contribution in [0.3, 0.4) is 0 Å². The summed E-state index contributed by atoms with van der Waals surface area (Å²) in [5.74, 6) is -2.32. The molecule has 32 heavy (non-hydrogen) atoms. The summed E-state index contributed by atoms with van der Waals surface area (Å²) in [5, 5.41) is 0. The Morgan fingerprint density at radius 1 is 0.500 bits per heavy atom. The molecule has 0 radical (unpaired) electrons. The summed E-state index contributed by atoms with van der Waals surface area (Å²) < 4.78 is 18.9. The maximum atomic E-state index is 11.9. The predicted octanol–water partition coefficient (Wildman–Crippen LogP) is 3.64. The average molecular weight is 444 g/mol. The molecule has 0 aromatic heterocycles. The Hall–Kier alpha value is -3.68. The summed E-state index contributed by atoms with van der Waals surface area (Å²) in [4.78, 5) is 47.7. The fourth-order valence-corrected chi connectivity index (χ4v) is 2.90. The molecule has 8 heteroatoms. The smallest absolute Gasteiger partial charge is 0.337 e. The molecule has 0 fully saturated rings. The van der Waals surface area contributed by atoms with Crippen molar-refractivity contribution in [1.82, 2.24) is 0 Å². The minimum absolute atomic E-state index is 0.217. The van der Waals surface area contributed by atoms with Gasteiger partial charge in [-0.05, 0) is 60.4 Å². The fraction of sp³-hybridized carbons (Fsp3) is 0.333. The molecule has 0 heterocycles. The van der Waals surface area contributed by atoms with Gasteiger partial charge in [0.05, 0.1) is 50.7 Å². The molecular formula is C24H28O8. The second-order valence-electron chi connectivity index (χ2n) is 6.30. The Bertz CT molecular complexity index is 830. The van der Waals surface area contributed by atoms with Crippen LogP contribution < -0.4 is 0 Å². The Balaban J connectivity index is 0.00000249. The summed E-state index contributed by atoms with van der Waals surface area (Å²) in [6.07, 6.45) is 0.833. The van der Waals surface area contributed by atoms with Crippen molar-refractivity contribution in [2.24, 2.45) is 0 Å². The van der Waals surface area contributed by atoms with Crippen molar-refractivity contribution >= 4 is 23.9 Å². The van der Waals surface area contributed by atoms with Crippen LogP contribution in [0.4, 0.5) is 0 Å². The van der Waals surface area contributed by atoms with Crippen LogP contribution in [0.5, 0.6) is 0 Å². The molecule has 0 amide bonds. The lowest BCUT2D eigenvalue weighted by molar-refractivity contribution is 0.0581. The van der Waals surface area contributed by atoms with Crippen molar-refractivity contribution in [3.63, 3.8) is 0 Å². The van der Waals surface area contributed by atoms with E-state index < -0.39 is 23.9 Å². The quantitative estimate of drug-likeness (QED) is 0.471. The summed E-state index contributed by atoms with van der Waals surface area (Å²) in [7, 11) is 5.00. The highest BCUT2D eigenvalue weighted by Gasteiger charge is 2.16. The molecule has 0 aliphatic rings. The molecule has 2 rings (SSSR count). The number of aryl methyl sites for hydroxylation is 2. The third-order valence-electron chi connectivity index (χ3n) is 4.37. The first-order valence-electron chi connectivity index (χ1n) is 9.94. The molecule has 0 N–H and O–H groups in total. The van der Waals surface area contributed by atoms with Gasteiger partial charge in [-0.3, -0.25) is 0 Å². The zero-order valence-corrected chi connectivity index (χ0v) is 19.1. The van der Waals surface area contributed by atoms with Crippen molar-refractivity contribution in [1.29, 1.82) is 0 Å². The molecule has 2 aromatic carbocycles. The number of rotatable bonds is 7. The number of benzene rings is 2. The van der Waals surface area contributed by atoms with Crippen molar-refractivity contribution < 1.29 is 38.1 Å². The van der Waals surface area contributed by atoms with Crippen LogP contribution in [0.15, 0.2) is 36.4 Å². The highest BCUT2D eigenvalue weighted by molar-refractivity contribution is 5.96. The van der Waals surface area contributed by atoms with Gasteiger partial charge in [-0.15, -0.1) is 0 Å². The van der Waals surface area contributed by atoms with Crippen LogP contribution in [0.25, 0.3) is 0 Å². The Labute approximate surface area is 187 Å². The number of esters is 4. The lowest BCUT2D eigenvalue weighted by atomic mass is 9.97. The second kappa shape index (κ2) is 12.9. The molecule has 0 spiro atoms. The zero-order valence-electron chi connectivity index (χ0n) is 19.1. The van der Waals surface area contributed by atoms with Crippen LogP contribution in [0.1, 0.15) is 66.4 Å². The van der Waals surface area contributed by atoms with Gasteiger partial charge in [0.1, 0.15) is 0 Å². The van der Waals surface area contributed by atoms with E-state index in [0.717, 1.165) is 0 Å². The van der Waals surface area contributed by atoms with E-state index in [1.54, 1.807) is 24.3 Å². The van der Waals surface area contributed by atoms with Gasteiger partial charge in [-0.2, -0.15) is 0 Å². The van der Waals surface area contributed by atoms with E-state index in [1.165, 1.54) is 40.6 Å². The standard InChI is InChI=1S/C22H22O8.C2H6/c1-27-19(23)15-7-13(8-16(11-15)20(24)28-2)5-6-14-9-17(21(25)29-3)12-18(10-14)22(26)30-4;1-2/h7-12H,5-6H2,1-4H3;1-2H3. The van der Waals surface area contributed by atoms with Gasteiger partial charge in [-0.25, -0.2) is 19.2 Å². The summed E-state index contributed by atoms with van der Waals surface area (Å²) in [6, 6.07) is 9.25. The lowest BCUT2D eigenvalue weighted by Gasteiger charge is -2.10. The monoisotopic (exact) mass is 444 g/mol. The highest BCUT2D eigenvalue weighted by Crippen LogP contribution is 2.18. The van der Waals surface area contributed by atoms with Crippen molar-refractivity contribution in [3.05, 3.63) is 69.8 Å². The number of hydrogen-bond donors (Lipinski definition) is 0. The summed E-state index contributed by atoms with van der Waals surface area (Å²) in [6.45, 7) is 4.00. The first kappa shape index (κ1) is 26.4. The molecule has 0 atom stereocenters. The first-order valence-corrected chi connectivity index (χ1v) is 9.94. The Morgan fingerprint density at radius 3 is 0.906 bits per heavy atom. The maximum Gasteiger partial charge on any atom is 0.337 e. The topological polar surface area (TPSA) is 105 Å². The molecule has 0 saturated carbocycles. The molecule has 172 valence electrons. The molecule has 2 aromatic rings. The highest BCUT2D eigenvalue weighted by atomic mass is 16.5. The Kier molecular flexibility index (Phi) is 10.6. The van der Waals surface area contributed by atoms with Gasteiger partial charge in [0.25, 0.3) is 0 Å². The first-order chi connectivity index (χ1) is 15.3. The predicted molar refractivity (Wildman–Crippen MR) is 117 cm³/mol. The minimum atomic E-state index is -0.581. The number of carbonyl (C=O) groups excluding carboxylic acids is 4. The normalized spacial score (nSPS) is 9.69. The molecule has 0 unspecified atom stereocenters. The lowest BCUT2D eigenvalue weighted by Crippen LogP contribution is -2.09. The molecule has 8 nitrogen and oxygen atoms in total. The number of ether oxygens (including phenoxy) is 4. The zero-order chi connectivity index (χ0) is 24.3. The van der Waals surface area contributed by atoms with E-state index in [4.69, 9.17) is 18.9 Å². The van der Waals surface area contributed by atoms with E-state index in [9.17, 15) is 19.2 Å². The van der Waals surface area contributed by atoms with Gasteiger partial charge < -0.3 is 18.9 Å². The number of carbonyl (C=O) groups is 4. The molecule has 0 saturated heterocycles.